The fraction of sp³-hybridized carbons (Fsp3) is 0.222. The standard InChI is InChI=1S/C18H18BrClN2O3S/c1-11-14(20)4-3-5-15(11)21-18(26)22-17(23)13-10-12(19)6-7-16(13)25-9-8-24-2/h3-7,10H,8-9H2,1-2H3,(H2,21,22,23,26). The summed E-state index contributed by atoms with van der Waals surface area (Å²) in [5, 5.41) is 6.42. The Morgan fingerprint density at radius 3 is 2.77 bits per heavy atom. The highest BCUT2D eigenvalue weighted by Crippen LogP contribution is 2.24. The van der Waals surface area contributed by atoms with Gasteiger partial charge in [-0.25, -0.2) is 0 Å². The number of amides is 1. The van der Waals surface area contributed by atoms with Crippen LogP contribution in [0.4, 0.5) is 5.69 Å². The van der Waals surface area contributed by atoms with Crippen LogP contribution in [-0.4, -0.2) is 31.3 Å². The van der Waals surface area contributed by atoms with Crippen molar-refractivity contribution in [3.05, 3.63) is 57.0 Å². The lowest BCUT2D eigenvalue weighted by Crippen LogP contribution is -2.34. The number of anilines is 1. The molecule has 0 radical (unpaired) electrons. The van der Waals surface area contributed by atoms with Gasteiger partial charge in [0.1, 0.15) is 12.4 Å². The van der Waals surface area contributed by atoms with Crippen LogP contribution in [0.3, 0.4) is 0 Å². The van der Waals surface area contributed by atoms with Crippen molar-refractivity contribution in [1.82, 2.24) is 5.32 Å². The molecule has 0 aliphatic heterocycles. The van der Waals surface area contributed by atoms with Crippen molar-refractivity contribution < 1.29 is 14.3 Å². The molecule has 138 valence electrons. The van der Waals surface area contributed by atoms with E-state index in [1.54, 1.807) is 37.4 Å². The molecule has 2 rings (SSSR count). The van der Waals surface area contributed by atoms with Gasteiger partial charge in [-0.05, 0) is 55.0 Å². The van der Waals surface area contributed by atoms with Crippen molar-refractivity contribution in [2.24, 2.45) is 0 Å². The van der Waals surface area contributed by atoms with Gasteiger partial charge >= 0.3 is 0 Å². The summed E-state index contributed by atoms with van der Waals surface area (Å²) in [6.45, 7) is 2.62. The van der Waals surface area contributed by atoms with E-state index in [0.717, 1.165) is 15.7 Å². The SMILES string of the molecule is COCCOc1ccc(Br)cc1C(=O)NC(=S)Nc1cccc(Cl)c1C. The number of methoxy groups -OCH3 is 1. The third-order valence-electron chi connectivity index (χ3n) is 3.47. The van der Waals surface area contributed by atoms with Crippen molar-refractivity contribution in [2.75, 3.05) is 25.6 Å². The van der Waals surface area contributed by atoms with Crippen LogP contribution in [0.25, 0.3) is 0 Å². The molecule has 0 bridgehead atoms. The van der Waals surface area contributed by atoms with Crippen molar-refractivity contribution >= 4 is 56.5 Å². The summed E-state index contributed by atoms with van der Waals surface area (Å²) >= 11 is 14.7. The number of hydrogen-bond acceptors (Lipinski definition) is 4. The maximum absolute atomic E-state index is 12.6. The Bertz CT molecular complexity index is 817. The zero-order valence-corrected chi connectivity index (χ0v) is 17.4. The van der Waals surface area contributed by atoms with Crippen molar-refractivity contribution in [3.63, 3.8) is 0 Å². The normalized spacial score (nSPS) is 10.3. The Labute approximate surface area is 171 Å². The molecular weight excluding hydrogens is 440 g/mol. The number of halogens is 2. The second-order valence-corrected chi connectivity index (χ2v) is 7.03. The number of benzene rings is 2. The quantitative estimate of drug-likeness (QED) is 0.492. The summed E-state index contributed by atoms with van der Waals surface area (Å²) in [5.74, 6) is 0.0698. The first-order valence-electron chi connectivity index (χ1n) is 7.71. The lowest BCUT2D eigenvalue weighted by atomic mass is 10.2. The van der Waals surface area contributed by atoms with E-state index in [1.807, 2.05) is 13.0 Å². The number of ether oxygens (including phenoxy) is 2. The molecule has 0 saturated carbocycles. The highest BCUT2D eigenvalue weighted by atomic mass is 79.9. The molecule has 5 nitrogen and oxygen atoms in total. The number of rotatable bonds is 6. The molecule has 0 heterocycles. The minimum atomic E-state index is -0.379. The largest absolute Gasteiger partial charge is 0.490 e. The summed E-state index contributed by atoms with van der Waals surface area (Å²) in [6.07, 6.45) is 0. The average Bonchev–Trinajstić information content (AvgIpc) is 2.60. The van der Waals surface area contributed by atoms with Crippen LogP contribution in [0.5, 0.6) is 5.75 Å². The Morgan fingerprint density at radius 2 is 2.04 bits per heavy atom. The van der Waals surface area contributed by atoms with Gasteiger partial charge in [-0.1, -0.05) is 33.6 Å². The van der Waals surface area contributed by atoms with Gasteiger partial charge in [-0.15, -0.1) is 0 Å². The van der Waals surface area contributed by atoms with Gasteiger partial charge in [0, 0.05) is 22.3 Å². The van der Waals surface area contributed by atoms with Gasteiger partial charge in [0.05, 0.1) is 12.2 Å². The van der Waals surface area contributed by atoms with Crippen LogP contribution in [0.2, 0.25) is 5.02 Å². The highest BCUT2D eigenvalue weighted by Gasteiger charge is 2.15. The van der Waals surface area contributed by atoms with E-state index in [2.05, 4.69) is 26.6 Å². The van der Waals surface area contributed by atoms with Crippen molar-refractivity contribution in [1.29, 1.82) is 0 Å². The number of carbonyl (C=O) groups is 1. The molecule has 0 fully saturated rings. The molecule has 26 heavy (non-hydrogen) atoms. The topological polar surface area (TPSA) is 59.6 Å². The van der Waals surface area contributed by atoms with Gasteiger partial charge in [0.2, 0.25) is 0 Å². The maximum Gasteiger partial charge on any atom is 0.261 e. The van der Waals surface area contributed by atoms with Crippen LogP contribution in [0, 0.1) is 6.92 Å². The van der Waals surface area contributed by atoms with Crippen LogP contribution >= 0.6 is 39.7 Å². The lowest BCUT2D eigenvalue weighted by Gasteiger charge is -2.14. The van der Waals surface area contributed by atoms with E-state index in [-0.39, 0.29) is 11.0 Å². The number of hydrogen-bond donors (Lipinski definition) is 2. The maximum atomic E-state index is 12.6. The second-order valence-electron chi connectivity index (χ2n) is 5.30. The Kier molecular flexibility index (Phi) is 7.84. The predicted molar refractivity (Wildman–Crippen MR) is 111 cm³/mol. The first-order chi connectivity index (χ1) is 12.4. The molecule has 1 amide bonds. The molecule has 8 heteroatoms. The summed E-state index contributed by atoms with van der Waals surface area (Å²) in [5.41, 5.74) is 1.94. The molecule has 0 aliphatic rings. The first kappa shape index (κ1) is 20.6. The van der Waals surface area contributed by atoms with Crippen LogP contribution < -0.4 is 15.4 Å². The molecule has 0 atom stereocenters. The summed E-state index contributed by atoms with van der Waals surface area (Å²) in [7, 11) is 1.58. The van der Waals surface area contributed by atoms with Crippen LogP contribution in [0.1, 0.15) is 15.9 Å². The molecule has 2 aromatic rings. The zero-order chi connectivity index (χ0) is 19.1. The minimum absolute atomic E-state index is 0.170. The van der Waals surface area contributed by atoms with Gasteiger partial charge in [0.15, 0.2) is 5.11 Å². The van der Waals surface area contributed by atoms with Crippen molar-refractivity contribution in [2.45, 2.75) is 6.92 Å². The number of carbonyl (C=O) groups excluding carboxylic acids is 1. The first-order valence-corrected chi connectivity index (χ1v) is 9.29. The van der Waals surface area contributed by atoms with E-state index in [9.17, 15) is 4.79 Å². The Hall–Kier alpha value is -1.67. The number of thiocarbonyl (C=S) groups is 1. The molecule has 2 N–H and O–H groups in total. The van der Waals surface area contributed by atoms with E-state index in [0.29, 0.717) is 29.5 Å². The zero-order valence-electron chi connectivity index (χ0n) is 14.3. The van der Waals surface area contributed by atoms with E-state index < -0.39 is 0 Å². The summed E-state index contributed by atoms with van der Waals surface area (Å²) < 4.78 is 11.3. The molecule has 0 spiro atoms. The fourth-order valence-electron chi connectivity index (χ4n) is 2.11. The smallest absolute Gasteiger partial charge is 0.261 e. The molecule has 0 aromatic heterocycles. The van der Waals surface area contributed by atoms with Gasteiger partial charge in [0.25, 0.3) is 5.91 Å². The molecule has 0 saturated heterocycles. The molecular formula is C18H18BrClN2O3S. The highest BCUT2D eigenvalue weighted by molar-refractivity contribution is 9.10. The lowest BCUT2D eigenvalue weighted by molar-refractivity contribution is 0.0969. The fourth-order valence-corrected chi connectivity index (χ4v) is 2.85. The van der Waals surface area contributed by atoms with E-state index >= 15 is 0 Å². The Balaban J connectivity index is 2.10. The van der Waals surface area contributed by atoms with Crippen molar-refractivity contribution in [3.8, 4) is 5.75 Å². The summed E-state index contributed by atoms with van der Waals surface area (Å²) in [6, 6.07) is 10.6. The third-order valence-corrected chi connectivity index (χ3v) is 4.58. The molecule has 0 aliphatic carbocycles. The number of nitrogens with one attached hydrogen (secondary N) is 2. The third kappa shape index (κ3) is 5.67. The minimum Gasteiger partial charge on any atom is -0.490 e. The van der Waals surface area contributed by atoms with E-state index in [4.69, 9.17) is 33.3 Å². The van der Waals surface area contributed by atoms with E-state index in [1.165, 1.54) is 0 Å². The molecule has 2 aromatic carbocycles. The van der Waals surface area contributed by atoms with Gasteiger partial charge in [-0.2, -0.15) is 0 Å². The van der Waals surface area contributed by atoms with Crippen LogP contribution in [-0.2, 0) is 4.74 Å². The Morgan fingerprint density at radius 1 is 1.27 bits per heavy atom. The van der Waals surface area contributed by atoms with Crippen LogP contribution in [0.15, 0.2) is 40.9 Å². The van der Waals surface area contributed by atoms with Gasteiger partial charge in [-0.3, -0.25) is 10.1 Å². The second kappa shape index (κ2) is 9.87. The average molecular weight is 458 g/mol. The predicted octanol–water partition coefficient (Wildman–Crippen LogP) is 4.56. The monoisotopic (exact) mass is 456 g/mol. The molecule has 0 unspecified atom stereocenters. The van der Waals surface area contributed by atoms with Gasteiger partial charge < -0.3 is 14.8 Å². The summed E-state index contributed by atoms with van der Waals surface area (Å²) in [4.78, 5) is 12.6.